The van der Waals surface area contributed by atoms with E-state index in [0.29, 0.717) is 19.0 Å². The Balaban J connectivity index is 1.63. The molecule has 0 atom stereocenters. The van der Waals surface area contributed by atoms with Gasteiger partial charge in [-0.1, -0.05) is 12.5 Å². The molecule has 0 radical (unpaired) electrons. The van der Waals surface area contributed by atoms with Crippen LogP contribution in [-0.4, -0.2) is 35.7 Å². The third-order valence-electron chi connectivity index (χ3n) is 4.40. The van der Waals surface area contributed by atoms with Crippen LogP contribution in [0, 0.1) is 0 Å². The molecule has 8 heteroatoms. The van der Waals surface area contributed by atoms with Gasteiger partial charge in [0.05, 0.1) is 24.5 Å². The Hall–Kier alpha value is -3.00. The van der Waals surface area contributed by atoms with Gasteiger partial charge in [0, 0.05) is 36.5 Å². The van der Waals surface area contributed by atoms with Crippen molar-refractivity contribution < 1.29 is 4.74 Å². The third kappa shape index (κ3) is 3.68. The van der Waals surface area contributed by atoms with Gasteiger partial charge in [-0.2, -0.15) is 0 Å². The van der Waals surface area contributed by atoms with Gasteiger partial charge in [0.2, 0.25) is 5.88 Å². The number of thiazole rings is 1. The molecule has 0 saturated carbocycles. The standard InChI is InChI=1S/C20H22N6OS/c1-4-16-15(13-25-10-8-21-19(25)20-22-9-12-28-20)23-17-5-6-18(24-26(16)17)27-11-7-14(2)3/h5-6,8-10,12H,2,4,7,11,13H2,1,3H3. The lowest BCUT2D eigenvalue weighted by Gasteiger charge is -2.07. The van der Waals surface area contributed by atoms with Gasteiger partial charge < -0.3 is 9.30 Å². The molecule has 0 aliphatic heterocycles. The highest BCUT2D eigenvalue weighted by Gasteiger charge is 2.16. The third-order valence-corrected chi connectivity index (χ3v) is 5.17. The van der Waals surface area contributed by atoms with Crippen molar-refractivity contribution in [3.8, 4) is 16.7 Å². The molecule has 7 nitrogen and oxygen atoms in total. The van der Waals surface area contributed by atoms with E-state index in [1.165, 1.54) is 0 Å². The first-order valence-corrected chi connectivity index (χ1v) is 10.1. The van der Waals surface area contributed by atoms with Gasteiger partial charge in [0.15, 0.2) is 16.5 Å². The van der Waals surface area contributed by atoms with Gasteiger partial charge in [-0.3, -0.25) is 0 Å². The van der Waals surface area contributed by atoms with Crippen LogP contribution in [0.5, 0.6) is 5.88 Å². The summed E-state index contributed by atoms with van der Waals surface area (Å²) >= 11 is 1.58. The summed E-state index contributed by atoms with van der Waals surface area (Å²) in [7, 11) is 0. The van der Waals surface area contributed by atoms with Gasteiger partial charge in [0.25, 0.3) is 0 Å². The summed E-state index contributed by atoms with van der Waals surface area (Å²) < 4.78 is 9.72. The van der Waals surface area contributed by atoms with Crippen LogP contribution in [0.4, 0.5) is 0 Å². The predicted molar refractivity (Wildman–Crippen MR) is 110 cm³/mol. The van der Waals surface area contributed by atoms with Crippen LogP contribution in [0.15, 0.2) is 48.3 Å². The van der Waals surface area contributed by atoms with E-state index in [4.69, 9.17) is 9.72 Å². The normalized spacial score (nSPS) is 11.2. The number of fused-ring (bicyclic) bond motifs is 1. The van der Waals surface area contributed by atoms with Crippen LogP contribution in [0.25, 0.3) is 16.5 Å². The first-order chi connectivity index (χ1) is 13.7. The molecule has 4 heterocycles. The Morgan fingerprint density at radius 3 is 2.89 bits per heavy atom. The quantitative estimate of drug-likeness (QED) is 0.422. The number of rotatable bonds is 8. The van der Waals surface area contributed by atoms with E-state index >= 15 is 0 Å². The molecule has 4 rings (SSSR count). The highest BCUT2D eigenvalue weighted by molar-refractivity contribution is 7.13. The summed E-state index contributed by atoms with van der Waals surface area (Å²) in [6.07, 6.45) is 7.18. The van der Waals surface area contributed by atoms with Crippen molar-refractivity contribution in [1.29, 1.82) is 0 Å². The van der Waals surface area contributed by atoms with Crippen molar-refractivity contribution in [3.63, 3.8) is 0 Å². The number of hydrogen-bond acceptors (Lipinski definition) is 6. The first-order valence-electron chi connectivity index (χ1n) is 9.21. The molecule has 0 aliphatic rings. The fourth-order valence-corrected chi connectivity index (χ4v) is 3.67. The average molecular weight is 395 g/mol. The van der Waals surface area contributed by atoms with Crippen LogP contribution < -0.4 is 4.74 Å². The van der Waals surface area contributed by atoms with E-state index in [1.807, 2.05) is 35.1 Å². The summed E-state index contributed by atoms with van der Waals surface area (Å²) in [4.78, 5) is 13.6. The fraction of sp³-hybridized carbons (Fsp3) is 0.300. The molecule has 0 aliphatic carbocycles. The molecule has 0 amide bonds. The first kappa shape index (κ1) is 18.4. The lowest BCUT2D eigenvalue weighted by molar-refractivity contribution is 0.304. The van der Waals surface area contributed by atoms with E-state index in [9.17, 15) is 0 Å². The highest BCUT2D eigenvalue weighted by atomic mass is 32.1. The molecular weight excluding hydrogens is 372 g/mol. The zero-order valence-electron chi connectivity index (χ0n) is 16.0. The largest absolute Gasteiger partial charge is 0.476 e. The van der Waals surface area contributed by atoms with E-state index < -0.39 is 0 Å². The highest BCUT2D eigenvalue weighted by Crippen LogP contribution is 2.22. The lowest BCUT2D eigenvalue weighted by atomic mass is 10.2. The average Bonchev–Trinajstić information content (AvgIpc) is 3.40. The van der Waals surface area contributed by atoms with Crippen molar-refractivity contribution in [1.82, 2.24) is 29.1 Å². The molecule has 4 aromatic rings. The Morgan fingerprint density at radius 2 is 2.14 bits per heavy atom. The molecule has 0 spiro atoms. The van der Waals surface area contributed by atoms with Crippen LogP contribution in [0.2, 0.25) is 0 Å². The van der Waals surface area contributed by atoms with Crippen molar-refractivity contribution >= 4 is 17.0 Å². The minimum atomic E-state index is 0.572. The zero-order valence-corrected chi connectivity index (χ0v) is 16.8. The maximum absolute atomic E-state index is 5.76. The van der Waals surface area contributed by atoms with Crippen LogP contribution in [0.1, 0.15) is 31.7 Å². The Labute approximate surface area is 167 Å². The zero-order chi connectivity index (χ0) is 19.5. The molecule has 0 aromatic carbocycles. The Bertz CT molecular complexity index is 1100. The minimum absolute atomic E-state index is 0.572. The molecule has 144 valence electrons. The van der Waals surface area contributed by atoms with Gasteiger partial charge >= 0.3 is 0 Å². The lowest BCUT2D eigenvalue weighted by Crippen LogP contribution is -2.06. The van der Waals surface area contributed by atoms with E-state index in [1.54, 1.807) is 23.7 Å². The predicted octanol–water partition coefficient (Wildman–Crippen LogP) is 4.01. The topological polar surface area (TPSA) is 70.1 Å². The summed E-state index contributed by atoms with van der Waals surface area (Å²) in [6, 6.07) is 3.81. The van der Waals surface area contributed by atoms with Crippen molar-refractivity contribution in [2.24, 2.45) is 0 Å². The number of ether oxygens (including phenoxy) is 1. The monoisotopic (exact) mass is 394 g/mol. The summed E-state index contributed by atoms with van der Waals surface area (Å²) in [5, 5.41) is 7.49. The van der Waals surface area contributed by atoms with E-state index in [-0.39, 0.29) is 0 Å². The fourth-order valence-electron chi connectivity index (χ4n) is 3.03. The van der Waals surface area contributed by atoms with Crippen LogP contribution >= 0.6 is 11.3 Å². The second-order valence-corrected chi connectivity index (χ2v) is 7.47. The molecule has 0 N–H and O–H groups in total. The van der Waals surface area contributed by atoms with Crippen molar-refractivity contribution in [3.05, 3.63) is 59.6 Å². The van der Waals surface area contributed by atoms with Crippen LogP contribution in [0.3, 0.4) is 0 Å². The number of hydrogen-bond donors (Lipinski definition) is 0. The number of nitrogens with zero attached hydrogens (tertiary/aromatic N) is 6. The number of aromatic nitrogens is 6. The Kier molecular flexibility index (Phi) is 5.21. The van der Waals surface area contributed by atoms with Crippen LogP contribution in [-0.2, 0) is 13.0 Å². The molecule has 0 unspecified atom stereocenters. The van der Waals surface area contributed by atoms with Gasteiger partial charge in [-0.25, -0.2) is 19.5 Å². The maximum Gasteiger partial charge on any atom is 0.231 e. The second-order valence-electron chi connectivity index (χ2n) is 6.57. The summed E-state index contributed by atoms with van der Waals surface area (Å²) in [6.45, 7) is 9.20. The van der Waals surface area contributed by atoms with Crippen molar-refractivity contribution in [2.75, 3.05) is 6.61 Å². The van der Waals surface area contributed by atoms with E-state index in [2.05, 4.69) is 33.1 Å². The van der Waals surface area contributed by atoms with Gasteiger partial charge in [-0.15, -0.1) is 23.0 Å². The minimum Gasteiger partial charge on any atom is -0.476 e. The molecule has 28 heavy (non-hydrogen) atoms. The number of imidazole rings is 2. The second kappa shape index (κ2) is 7.93. The molecule has 0 saturated heterocycles. The summed E-state index contributed by atoms with van der Waals surface area (Å²) in [5.41, 5.74) is 3.95. The maximum atomic E-state index is 5.76. The Morgan fingerprint density at radius 1 is 1.25 bits per heavy atom. The van der Waals surface area contributed by atoms with E-state index in [0.717, 1.165) is 46.3 Å². The molecule has 0 fully saturated rings. The van der Waals surface area contributed by atoms with Gasteiger partial charge in [0.1, 0.15) is 0 Å². The smallest absolute Gasteiger partial charge is 0.231 e. The SMILES string of the molecule is C=C(C)CCOc1ccc2nc(Cn3ccnc3-c3nccs3)c(CC)n2n1. The number of aryl methyl sites for hydroxylation is 1. The molecular formula is C20H22N6OS. The summed E-state index contributed by atoms with van der Waals surface area (Å²) in [5.74, 6) is 1.45. The molecule has 0 bridgehead atoms. The van der Waals surface area contributed by atoms with Crippen molar-refractivity contribution in [2.45, 2.75) is 33.2 Å². The molecule has 4 aromatic heterocycles. The van der Waals surface area contributed by atoms with Gasteiger partial charge in [-0.05, 0) is 19.4 Å².